The normalized spacial score (nSPS) is 9.88. The van der Waals surface area contributed by atoms with Gasteiger partial charge >= 0.3 is 0 Å². The SMILES string of the molecule is CCCC(=O)N(C)c1ccc(NC)c(OC)c1. The molecule has 94 valence electrons. The van der Waals surface area contributed by atoms with E-state index in [1.807, 2.05) is 32.2 Å². The number of carbonyl (C=O) groups is 1. The molecule has 1 rings (SSSR count). The van der Waals surface area contributed by atoms with Gasteiger partial charge in [0, 0.05) is 32.3 Å². The minimum Gasteiger partial charge on any atom is -0.495 e. The Bertz CT molecular complexity index is 391. The van der Waals surface area contributed by atoms with Gasteiger partial charge < -0.3 is 15.0 Å². The van der Waals surface area contributed by atoms with Crippen LogP contribution < -0.4 is 15.0 Å². The molecule has 4 nitrogen and oxygen atoms in total. The van der Waals surface area contributed by atoms with E-state index in [2.05, 4.69) is 5.32 Å². The summed E-state index contributed by atoms with van der Waals surface area (Å²) in [5, 5.41) is 3.04. The van der Waals surface area contributed by atoms with Crippen LogP contribution in [-0.2, 0) is 4.79 Å². The molecule has 0 saturated heterocycles. The fourth-order valence-electron chi connectivity index (χ4n) is 1.62. The van der Waals surface area contributed by atoms with Crippen molar-refractivity contribution >= 4 is 17.3 Å². The summed E-state index contributed by atoms with van der Waals surface area (Å²) in [5.41, 5.74) is 1.76. The van der Waals surface area contributed by atoms with E-state index in [0.717, 1.165) is 23.5 Å². The van der Waals surface area contributed by atoms with Crippen LogP contribution in [0.4, 0.5) is 11.4 Å². The van der Waals surface area contributed by atoms with Crippen molar-refractivity contribution in [2.45, 2.75) is 19.8 Å². The smallest absolute Gasteiger partial charge is 0.226 e. The molecule has 0 unspecified atom stereocenters. The Morgan fingerprint density at radius 1 is 1.47 bits per heavy atom. The van der Waals surface area contributed by atoms with Gasteiger partial charge in [-0.25, -0.2) is 0 Å². The third-order valence-corrected chi connectivity index (χ3v) is 2.68. The number of hydrogen-bond donors (Lipinski definition) is 1. The van der Waals surface area contributed by atoms with Crippen molar-refractivity contribution in [3.8, 4) is 5.75 Å². The highest BCUT2D eigenvalue weighted by Gasteiger charge is 2.11. The Labute approximate surface area is 103 Å². The van der Waals surface area contributed by atoms with Gasteiger partial charge in [0.25, 0.3) is 0 Å². The minimum atomic E-state index is 0.117. The Kier molecular flexibility index (Phi) is 4.82. The van der Waals surface area contributed by atoms with E-state index in [4.69, 9.17) is 4.74 Å². The number of nitrogens with one attached hydrogen (secondary N) is 1. The molecule has 1 N–H and O–H groups in total. The summed E-state index contributed by atoms with van der Waals surface area (Å²) in [4.78, 5) is 13.4. The molecule has 1 aromatic rings. The Hall–Kier alpha value is -1.71. The summed E-state index contributed by atoms with van der Waals surface area (Å²) < 4.78 is 5.27. The van der Waals surface area contributed by atoms with Crippen LogP contribution in [0.3, 0.4) is 0 Å². The van der Waals surface area contributed by atoms with E-state index in [1.54, 1.807) is 19.1 Å². The highest BCUT2D eigenvalue weighted by molar-refractivity contribution is 5.93. The van der Waals surface area contributed by atoms with Gasteiger partial charge in [0.05, 0.1) is 12.8 Å². The number of hydrogen-bond acceptors (Lipinski definition) is 3. The lowest BCUT2D eigenvalue weighted by molar-refractivity contribution is -0.118. The second-order valence-corrected chi connectivity index (χ2v) is 3.84. The maximum atomic E-state index is 11.8. The van der Waals surface area contributed by atoms with Gasteiger partial charge in [0.15, 0.2) is 0 Å². The number of amides is 1. The van der Waals surface area contributed by atoms with Crippen molar-refractivity contribution in [2.75, 3.05) is 31.4 Å². The number of anilines is 2. The van der Waals surface area contributed by atoms with Crippen LogP contribution in [0.5, 0.6) is 5.75 Å². The molecule has 1 aromatic carbocycles. The van der Waals surface area contributed by atoms with Crippen LogP contribution in [0.15, 0.2) is 18.2 Å². The first kappa shape index (κ1) is 13.4. The van der Waals surface area contributed by atoms with Crippen molar-refractivity contribution < 1.29 is 9.53 Å². The first-order valence-electron chi connectivity index (χ1n) is 5.76. The molecule has 0 aliphatic carbocycles. The molecule has 0 radical (unpaired) electrons. The molecule has 0 bridgehead atoms. The average Bonchev–Trinajstić information content (AvgIpc) is 2.37. The number of ether oxygens (including phenoxy) is 1. The molecule has 0 spiro atoms. The Morgan fingerprint density at radius 3 is 2.71 bits per heavy atom. The molecule has 0 aliphatic heterocycles. The average molecular weight is 236 g/mol. The second kappa shape index (κ2) is 6.13. The zero-order valence-electron chi connectivity index (χ0n) is 10.9. The molecule has 0 aromatic heterocycles. The fourth-order valence-corrected chi connectivity index (χ4v) is 1.62. The van der Waals surface area contributed by atoms with Gasteiger partial charge in [-0.2, -0.15) is 0 Å². The number of rotatable bonds is 5. The number of nitrogens with zero attached hydrogens (tertiary/aromatic N) is 1. The molecule has 0 saturated carbocycles. The lowest BCUT2D eigenvalue weighted by Gasteiger charge is -2.19. The summed E-state index contributed by atoms with van der Waals surface area (Å²) in [5.74, 6) is 0.855. The number of benzene rings is 1. The largest absolute Gasteiger partial charge is 0.495 e. The van der Waals surface area contributed by atoms with Crippen molar-refractivity contribution in [1.82, 2.24) is 0 Å². The van der Waals surface area contributed by atoms with Crippen molar-refractivity contribution in [2.24, 2.45) is 0 Å². The van der Waals surface area contributed by atoms with E-state index in [1.165, 1.54) is 0 Å². The maximum Gasteiger partial charge on any atom is 0.226 e. The van der Waals surface area contributed by atoms with Crippen LogP contribution in [0.1, 0.15) is 19.8 Å². The highest BCUT2D eigenvalue weighted by Crippen LogP contribution is 2.29. The van der Waals surface area contributed by atoms with Gasteiger partial charge in [0.1, 0.15) is 5.75 Å². The summed E-state index contributed by atoms with van der Waals surface area (Å²) in [6, 6.07) is 5.67. The second-order valence-electron chi connectivity index (χ2n) is 3.84. The topological polar surface area (TPSA) is 41.6 Å². The van der Waals surface area contributed by atoms with E-state index >= 15 is 0 Å². The third-order valence-electron chi connectivity index (χ3n) is 2.68. The van der Waals surface area contributed by atoms with Crippen molar-refractivity contribution in [3.05, 3.63) is 18.2 Å². The van der Waals surface area contributed by atoms with Gasteiger partial charge in [0.2, 0.25) is 5.91 Å². The number of methoxy groups -OCH3 is 1. The molecular weight excluding hydrogens is 216 g/mol. The van der Waals surface area contributed by atoms with Gasteiger partial charge in [-0.3, -0.25) is 4.79 Å². The third kappa shape index (κ3) is 3.12. The summed E-state index contributed by atoms with van der Waals surface area (Å²) >= 11 is 0. The van der Waals surface area contributed by atoms with Crippen molar-refractivity contribution in [1.29, 1.82) is 0 Å². The standard InChI is InChI=1S/C13H20N2O2/c1-5-6-13(16)15(3)10-7-8-11(14-2)12(9-10)17-4/h7-9,14H,5-6H2,1-4H3. The van der Waals surface area contributed by atoms with E-state index in [0.29, 0.717) is 6.42 Å². The monoisotopic (exact) mass is 236 g/mol. The maximum absolute atomic E-state index is 11.8. The molecule has 0 atom stereocenters. The van der Waals surface area contributed by atoms with E-state index in [-0.39, 0.29) is 5.91 Å². The molecular formula is C13H20N2O2. The zero-order chi connectivity index (χ0) is 12.8. The zero-order valence-corrected chi connectivity index (χ0v) is 10.9. The van der Waals surface area contributed by atoms with Crippen LogP contribution >= 0.6 is 0 Å². The quantitative estimate of drug-likeness (QED) is 0.854. The highest BCUT2D eigenvalue weighted by atomic mass is 16.5. The first-order valence-corrected chi connectivity index (χ1v) is 5.76. The summed E-state index contributed by atoms with van der Waals surface area (Å²) in [6.07, 6.45) is 1.42. The Morgan fingerprint density at radius 2 is 2.18 bits per heavy atom. The van der Waals surface area contributed by atoms with Crippen LogP contribution in [0.2, 0.25) is 0 Å². The van der Waals surface area contributed by atoms with Gasteiger partial charge in [-0.05, 0) is 18.6 Å². The molecule has 17 heavy (non-hydrogen) atoms. The van der Waals surface area contributed by atoms with Gasteiger partial charge in [-0.1, -0.05) is 6.92 Å². The Balaban J connectivity index is 2.95. The molecule has 0 fully saturated rings. The number of carbonyl (C=O) groups excluding carboxylic acids is 1. The molecule has 0 heterocycles. The molecule has 4 heteroatoms. The predicted octanol–water partition coefficient (Wildman–Crippen LogP) is 2.50. The molecule has 0 aliphatic rings. The van der Waals surface area contributed by atoms with E-state index < -0.39 is 0 Å². The van der Waals surface area contributed by atoms with Crippen LogP contribution in [0, 0.1) is 0 Å². The lowest BCUT2D eigenvalue weighted by atomic mass is 10.2. The van der Waals surface area contributed by atoms with Crippen LogP contribution in [0.25, 0.3) is 0 Å². The fraction of sp³-hybridized carbons (Fsp3) is 0.462. The van der Waals surface area contributed by atoms with Gasteiger partial charge in [-0.15, -0.1) is 0 Å². The van der Waals surface area contributed by atoms with E-state index in [9.17, 15) is 4.79 Å². The summed E-state index contributed by atoms with van der Waals surface area (Å²) in [7, 11) is 5.24. The van der Waals surface area contributed by atoms with Crippen LogP contribution in [-0.4, -0.2) is 27.1 Å². The predicted molar refractivity (Wildman–Crippen MR) is 70.9 cm³/mol. The lowest BCUT2D eigenvalue weighted by Crippen LogP contribution is -2.25. The minimum absolute atomic E-state index is 0.117. The first-order chi connectivity index (χ1) is 8.13. The summed E-state index contributed by atoms with van der Waals surface area (Å²) in [6.45, 7) is 2.00. The molecule has 1 amide bonds. The van der Waals surface area contributed by atoms with Crippen molar-refractivity contribution in [3.63, 3.8) is 0 Å².